The molecular formula is C13H17NO6S. The first-order chi connectivity index (χ1) is 9.69. The maximum atomic E-state index is 12.2. The Morgan fingerprint density at radius 3 is 2.38 bits per heavy atom. The van der Waals surface area contributed by atoms with Crippen LogP contribution in [-0.2, 0) is 19.6 Å². The molecule has 0 heterocycles. The lowest BCUT2D eigenvalue weighted by atomic mass is 10.1. The van der Waals surface area contributed by atoms with Gasteiger partial charge in [-0.05, 0) is 24.1 Å². The molecule has 0 spiro atoms. The third kappa shape index (κ3) is 4.27. The monoisotopic (exact) mass is 315 g/mol. The van der Waals surface area contributed by atoms with Crippen LogP contribution in [0.5, 0.6) is 0 Å². The molecule has 0 unspecified atom stereocenters. The number of hydrogen-bond acceptors (Lipinski definition) is 5. The number of nitrogens with one attached hydrogen (secondary N) is 1. The third-order valence-corrected chi connectivity index (χ3v) is 4.22. The molecule has 1 rings (SSSR count). The molecule has 0 aliphatic heterocycles. The van der Waals surface area contributed by atoms with Crippen LogP contribution in [0.15, 0.2) is 29.2 Å². The third-order valence-electron chi connectivity index (χ3n) is 2.78. The van der Waals surface area contributed by atoms with E-state index in [4.69, 9.17) is 5.11 Å². The highest BCUT2D eigenvalue weighted by Gasteiger charge is 2.28. The van der Waals surface area contributed by atoms with E-state index < -0.39 is 33.9 Å². The van der Waals surface area contributed by atoms with Crippen LogP contribution in [0.25, 0.3) is 0 Å². The molecule has 1 atom stereocenters. The van der Waals surface area contributed by atoms with E-state index in [9.17, 15) is 18.0 Å². The van der Waals surface area contributed by atoms with Crippen LogP contribution >= 0.6 is 0 Å². The fourth-order valence-corrected chi connectivity index (χ4v) is 3.00. The molecule has 21 heavy (non-hydrogen) atoms. The normalized spacial score (nSPS) is 13.0. The molecule has 1 aromatic rings. The van der Waals surface area contributed by atoms with Crippen molar-refractivity contribution < 1.29 is 27.9 Å². The number of carboxylic acids is 1. The van der Waals surface area contributed by atoms with Crippen molar-refractivity contribution in [2.24, 2.45) is 5.92 Å². The number of benzene rings is 1. The number of carbonyl (C=O) groups is 2. The first-order valence-electron chi connectivity index (χ1n) is 6.12. The van der Waals surface area contributed by atoms with Crippen molar-refractivity contribution >= 4 is 22.0 Å². The van der Waals surface area contributed by atoms with Crippen molar-refractivity contribution in [3.05, 3.63) is 29.8 Å². The second-order valence-corrected chi connectivity index (χ2v) is 6.41. The predicted molar refractivity (Wildman–Crippen MR) is 74.4 cm³/mol. The Morgan fingerprint density at radius 1 is 1.29 bits per heavy atom. The van der Waals surface area contributed by atoms with Crippen molar-refractivity contribution in [2.45, 2.75) is 24.8 Å². The van der Waals surface area contributed by atoms with E-state index in [1.807, 2.05) is 0 Å². The van der Waals surface area contributed by atoms with E-state index in [1.165, 1.54) is 25.3 Å². The summed E-state index contributed by atoms with van der Waals surface area (Å²) in [5, 5.41) is 9.03. The largest absolute Gasteiger partial charge is 0.480 e. The van der Waals surface area contributed by atoms with E-state index >= 15 is 0 Å². The Labute approximate surface area is 123 Å². The lowest BCUT2D eigenvalue weighted by Crippen LogP contribution is -2.44. The highest BCUT2D eigenvalue weighted by molar-refractivity contribution is 7.89. The minimum atomic E-state index is -4.05. The molecular weight excluding hydrogens is 298 g/mol. The minimum Gasteiger partial charge on any atom is -0.480 e. The molecule has 8 heteroatoms. The van der Waals surface area contributed by atoms with Gasteiger partial charge < -0.3 is 9.84 Å². The van der Waals surface area contributed by atoms with Gasteiger partial charge >= 0.3 is 11.9 Å². The quantitative estimate of drug-likeness (QED) is 0.753. The molecule has 116 valence electrons. The van der Waals surface area contributed by atoms with Crippen LogP contribution in [0.2, 0.25) is 0 Å². The number of carbonyl (C=O) groups excluding carboxylic acids is 1. The van der Waals surface area contributed by atoms with Crippen LogP contribution in [0.1, 0.15) is 24.2 Å². The SMILES string of the molecule is COC(=O)c1cccc(S(=O)(=O)N[C@@H](C(=O)O)C(C)C)c1. The number of methoxy groups -OCH3 is 1. The van der Waals surface area contributed by atoms with Gasteiger partial charge in [-0.1, -0.05) is 19.9 Å². The summed E-state index contributed by atoms with van der Waals surface area (Å²) in [6.07, 6.45) is 0. The second kappa shape index (κ2) is 6.68. The Bertz CT molecular complexity index is 638. The molecule has 0 aliphatic rings. The lowest BCUT2D eigenvalue weighted by molar-refractivity contribution is -0.140. The topological polar surface area (TPSA) is 110 Å². The van der Waals surface area contributed by atoms with Gasteiger partial charge in [0.1, 0.15) is 6.04 Å². The molecule has 1 aromatic carbocycles. The van der Waals surface area contributed by atoms with Crippen molar-refractivity contribution in [3.63, 3.8) is 0 Å². The molecule has 2 N–H and O–H groups in total. The van der Waals surface area contributed by atoms with E-state index in [2.05, 4.69) is 9.46 Å². The first-order valence-corrected chi connectivity index (χ1v) is 7.61. The highest BCUT2D eigenvalue weighted by Crippen LogP contribution is 2.14. The van der Waals surface area contributed by atoms with E-state index in [0.717, 1.165) is 6.07 Å². The van der Waals surface area contributed by atoms with E-state index in [-0.39, 0.29) is 10.5 Å². The molecule has 0 aromatic heterocycles. The summed E-state index contributed by atoms with van der Waals surface area (Å²) < 4.78 is 31.0. The van der Waals surface area contributed by atoms with Crippen LogP contribution < -0.4 is 4.72 Å². The van der Waals surface area contributed by atoms with Gasteiger partial charge in [0.15, 0.2) is 0 Å². The number of esters is 1. The van der Waals surface area contributed by atoms with Crippen molar-refractivity contribution in [3.8, 4) is 0 Å². The van der Waals surface area contributed by atoms with Crippen LogP contribution in [0.4, 0.5) is 0 Å². The maximum Gasteiger partial charge on any atom is 0.337 e. The van der Waals surface area contributed by atoms with Gasteiger partial charge in [-0.2, -0.15) is 4.72 Å². The average Bonchev–Trinajstić information content (AvgIpc) is 2.43. The average molecular weight is 315 g/mol. The lowest BCUT2D eigenvalue weighted by Gasteiger charge is -2.18. The van der Waals surface area contributed by atoms with Gasteiger partial charge in [-0.15, -0.1) is 0 Å². The minimum absolute atomic E-state index is 0.0665. The van der Waals surface area contributed by atoms with Gasteiger partial charge in [-0.25, -0.2) is 13.2 Å². The Balaban J connectivity index is 3.13. The summed E-state index contributed by atoms with van der Waals surface area (Å²) >= 11 is 0. The Morgan fingerprint density at radius 2 is 1.90 bits per heavy atom. The first kappa shape index (κ1) is 17.1. The van der Waals surface area contributed by atoms with Crippen molar-refractivity contribution in [1.82, 2.24) is 4.72 Å². The standard InChI is InChI=1S/C13H17NO6S/c1-8(2)11(12(15)16)14-21(18,19)10-6-4-5-9(7-10)13(17)20-3/h4-8,11,14H,1-3H3,(H,15,16)/t11-/m1/s1. The Kier molecular flexibility index (Phi) is 5.45. The summed E-state index contributed by atoms with van der Waals surface area (Å²) in [7, 11) is -2.87. The fourth-order valence-electron chi connectivity index (χ4n) is 1.61. The van der Waals surface area contributed by atoms with Crippen molar-refractivity contribution in [2.75, 3.05) is 7.11 Å². The number of ether oxygens (including phenoxy) is 1. The number of aliphatic carboxylic acids is 1. The molecule has 0 aliphatic carbocycles. The predicted octanol–water partition coefficient (Wildman–Crippen LogP) is 0.861. The van der Waals surface area contributed by atoms with Crippen LogP contribution in [0, 0.1) is 5.92 Å². The van der Waals surface area contributed by atoms with Gasteiger partial charge in [0, 0.05) is 0 Å². The number of sulfonamides is 1. The summed E-state index contributed by atoms with van der Waals surface area (Å²) in [6, 6.07) is 3.94. The maximum absolute atomic E-state index is 12.2. The Hall–Kier alpha value is -1.93. The van der Waals surface area contributed by atoms with Gasteiger partial charge in [0.2, 0.25) is 10.0 Å². The van der Waals surface area contributed by atoms with Crippen LogP contribution in [0.3, 0.4) is 0 Å². The molecule has 0 bridgehead atoms. The summed E-state index contributed by atoms with van der Waals surface area (Å²) in [6.45, 7) is 3.18. The molecule has 0 fully saturated rings. The van der Waals surface area contributed by atoms with Gasteiger partial charge in [-0.3, -0.25) is 4.79 Å². The number of carboxylic acid groups (broad SMARTS) is 1. The zero-order chi connectivity index (χ0) is 16.2. The van der Waals surface area contributed by atoms with Gasteiger partial charge in [0.25, 0.3) is 0 Å². The van der Waals surface area contributed by atoms with E-state index in [0.29, 0.717) is 0 Å². The number of rotatable bonds is 6. The number of hydrogen-bond donors (Lipinski definition) is 2. The molecule has 0 saturated heterocycles. The molecule has 7 nitrogen and oxygen atoms in total. The summed E-state index contributed by atoms with van der Waals surface area (Å²) in [5.74, 6) is -2.37. The summed E-state index contributed by atoms with van der Waals surface area (Å²) in [5.41, 5.74) is 0.0665. The highest BCUT2D eigenvalue weighted by atomic mass is 32.2. The fraction of sp³-hybridized carbons (Fsp3) is 0.385. The zero-order valence-electron chi connectivity index (χ0n) is 11.9. The second-order valence-electron chi connectivity index (χ2n) is 4.70. The zero-order valence-corrected chi connectivity index (χ0v) is 12.7. The smallest absolute Gasteiger partial charge is 0.337 e. The van der Waals surface area contributed by atoms with Crippen molar-refractivity contribution in [1.29, 1.82) is 0 Å². The molecule has 0 amide bonds. The van der Waals surface area contributed by atoms with Gasteiger partial charge in [0.05, 0.1) is 17.6 Å². The van der Waals surface area contributed by atoms with Crippen LogP contribution in [-0.4, -0.2) is 38.6 Å². The molecule has 0 radical (unpaired) electrons. The molecule has 0 saturated carbocycles. The van der Waals surface area contributed by atoms with E-state index in [1.54, 1.807) is 13.8 Å². The summed E-state index contributed by atoms with van der Waals surface area (Å²) in [4.78, 5) is 22.3.